The number of aliphatic hydroxyl groups excluding tert-OH is 2. The zero-order chi connectivity index (χ0) is 7.98. The lowest BCUT2D eigenvalue weighted by Gasteiger charge is -2.12. The number of aliphatic hydroxyl groups is 2. The molecule has 2 atom stereocenters. The maximum Gasteiger partial charge on any atom is 0.0779 e. The zero-order valence-electron chi connectivity index (χ0n) is 6.58. The molecule has 2 unspecified atom stereocenters. The molecule has 2 N–H and O–H groups in total. The highest BCUT2D eigenvalue weighted by Crippen LogP contribution is 1.94. The van der Waals surface area contributed by atoms with Crippen molar-refractivity contribution >= 4 is 0 Å². The summed E-state index contributed by atoms with van der Waals surface area (Å²) in [4.78, 5) is 0. The molecular formula is C7H16O3. The van der Waals surface area contributed by atoms with E-state index in [1.165, 1.54) is 0 Å². The van der Waals surface area contributed by atoms with Crippen LogP contribution >= 0.6 is 0 Å². The standard InChI is InChI=1S/C7H16O3/c1-3-7(9)5-10-6(2)4-8/h6-9H,3-5H2,1-2H3. The molecule has 0 aromatic carbocycles. The monoisotopic (exact) mass is 148 g/mol. The van der Waals surface area contributed by atoms with Gasteiger partial charge in [0.2, 0.25) is 0 Å². The van der Waals surface area contributed by atoms with Gasteiger partial charge in [-0.2, -0.15) is 0 Å². The van der Waals surface area contributed by atoms with Gasteiger partial charge in [-0.1, -0.05) is 6.92 Å². The molecule has 62 valence electrons. The Bertz CT molecular complexity index is 65.3. The summed E-state index contributed by atoms with van der Waals surface area (Å²) in [5, 5.41) is 17.5. The van der Waals surface area contributed by atoms with Crippen LogP contribution in [0.3, 0.4) is 0 Å². The fourth-order valence-electron chi connectivity index (χ4n) is 0.446. The van der Waals surface area contributed by atoms with Gasteiger partial charge in [0.15, 0.2) is 0 Å². The number of hydrogen-bond donors (Lipinski definition) is 2. The van der Waals surface area contributed by atoms with Gasteiger partial charge in [-0.05, 0) is 13.3 Å². The molecule has 0 aliphatic rings. The van der Waals surface area contributed by atoms with Crippen molar-refractivity contribution in [3.63, 3.8) is 0 Å². The van der Waals surface area contributed by atoms with E-state index in [-0.39, 0.29) is 12.7 Å². The van der Waals surface area contributed by atoms with E-state index in [2.05, 4.69) is 0 Å². The first-order valence-electron chi connectivity index (χ1n) is 3.61. The molecule has 0 saturated heterocycles. The SMILES string of the molecule is CCC(O)COC(C)CO. The topological polar surface area (TPSA) is 49.7 Å². The van der Waals surface area contributed by atoms with Crippen molar-refractivity contribution < 1.29 is 14.9 Å². The summed E-state index contributed by atoms with van der Waals surface area (Å²) in [6.07, 6.45) is 0.133. The molecule has 0 spiro atoms. The quantitative estimate of drug-likeness (QED) is 0.583. The maximum atomic E-state index is 9.00. The summed E-state index contributed by atoms with van der Waals surface area (Å²) in [7, 11) is 0. The summed E-state index contributed by atoms with van der Waals surface area (Å²) in [5.74, 6) is 0. The second-order valence-corrected chi connectivity index (χ2v) is 2.39. The Morgan fingerprint density at radius 3 is 2.50 bits per heavy atom. The van der Waals surface area contributed by atoms with Crippen LogP contribution in [0, 0.1) is 0 Å². The first-order chi connectivity index (χ1) is 4.70. The van der Waals surface area contributed by atoms with Crippen LogP contribution in [0.1, 0.15) is 20.3 Å². The summed E-state index contributed by atoms with van der Waals surface area (Å²) in [6, 6.07) is 0. The lowest BCUT2D eigenvalue weighted by Crippen LogP contribution is -2.21. The minimum atomic E-state index is -0.394. The molecule has 0 bridgehead atoms. The Hall–Kier alpha value is -0.120. The average Bonchev–Trinajstić information content (AvgIpc) is 1.99. The first-order valence-corrected chi connectivity index (χ1v) is 3.61. The smallest absolute Gasteiger partial charge is 0.0779 e. The van der Waals surface area contributed by atoms with Crippen molar-refractivity contribution in [2.75, 3.05) is 13.2 Å². The molecule has 10 heavy (non-hydrogen) atoms. The highest BCUT2D eigenvalue weighted by atomic mass is 16.5. The second-order valence-electron chi connectivity index (χ2n) is 2.39. The third-order valence-corrected chi connectivity index (χ3v) is 1.30. The van der Waals surface area contributed by atoms with Crippen molar-refractivity contribution in [2.24, 2.45) is 0 Å². The molecule has 0 aromatic heterocycles. The largest absolute Gasteiger partial charge is 0.394 e. The minimum Gasteiger partial charge on any atom is -0.394 e. The Labute approximate surface area is 61.6 Å². The van der Waals surface area contributed by atoms with Crippen LogP contribution in [-0.2, 0) is 4.74 Å². The minimum absolute atomic E-state index is 0.0104. The molecule has 0 heterocycles. The molecule has 0 fully saturated rings. The van der Waals surface area contributed by atoms with Crippen LogP contribution in [0.25, 0.3) is 0 Å². The van der Waals surface area contributed by atoms with Crippen molar-refractivity contribution in [2.45, 2.75) is 32.5 Å². The lowest BCUT2D eigenvalue weighted by molar-refractivity contribution is -0.0239. The Morgan fingerprint density at radius 2 is 2.10 bits per heavy atom. The van der Waals surface area contributed by atoms with Crippen LogP contribution in [0.15, 0.2) is 0 Å². The van der Waals surface area contributed by atoms with E-state index in [9.17, 15) is 0 Å². The van der Waals surface area contributed by atoms with Gasteiger partial charge in [0.1, 0.15) is 0 Å². The van der Waals surface area contributed by atoms with Gasteiger partial charge in [0.05, 0.1) is 25.4 Å². The molecule has 0 aromatic rings. The third kappa shape index (κ3) is 4.73. The summed E-state index contributed by atoms with van der Waals surface area (Å²) >= 11 is 0. The summed E-state index contributed by atoms with van der Waals surface area (Å²) in [6.45, 7) is 3.98. The number of rotatable bonds is 5. The molecule has 0 rings (SSSR count). The molecular weight excluding hydrogens is 132 g/mol. The van der Waals surface area contributed by atoms with Crippen LogP contribution < -0.4 is 0 Å². The van der Waals surface area contributed by atoms with Crippen LogP contribution in [0.5, 0.6) is 0 Å². The van der Waals surface area contributed by atoms with Crippen molar-refractivity contribution in [1.29, 1.82) is 0 Å². The average molecular weight is 148 g/mol. The molecule has 0 saturated carbocycles. The highest BCUT2D eigenvalue weighted by molar-refractivity contribution is 4.51. The number of hydrogen-bond acceptors (Lipinski definition) is 3. The number of ether oxygens (including phenoxy) is 1. The molecule has 0 aliphatic carbocycles. The van der Waals surface area contributed by atoms with Gasteiger partial charge < -0.3 is 14.9 Å². The van der Waals surface area contributed by atoms with Crippen LogP contribution in [0.2, 0.25) is 0 Å². The van der Waals surface area contributed by atoms with Gasteiger partial charge >= 0.3 is 0 Å². The molecule has 0 aliphatic heterocycles. The van der Waals surface area contributed by atoms with E-state index >= 15 is 0 Å². The molecule has 3 nitrogen and oxygen atoms in total. The fraction of sp³-hybridized carbons (Fsp3) is 1.00. The predicted octanol–water partition coefficient (Wildman–Crippen LogP) is 0.155. The van der Waals surface area contributed by atoms with E-state index in [1.54, 1.807) is 6.92 Å². The van der Waals surface area contributed by atoms with E-state index in [0.717, 1.165) is 0 Å². The molecule has 0 radical (unpaired) electrons. The highest BCUT2D eigenvalue weighted by Gasteiger charge is 2.03. The van der Waals surface area contributed by atoms with Crippen LogP contribution in [0.4, 0.5) is 0 Å². The van der Waals surface area contributed by atoms with E-state index in [1.807, 2.05) is 6.92 Å². The zero-order valence-corrected chi connectivity index (χ0v) is 6.58. The van der Waals surface area contributed by atoms with Gasteiger partial charge in [-0.3, -0.25) is 0 Å². The van der Waals surface area contributed by atoms with E-state index in [0.29, 0.717) is 13.0 Å². The van der Waals surface area contributed by atoms with E-state index in [4.69, 9.17) is 14.9 Å². The van der Waals surface area contributed by atoms with Gasteiger partial charge in [-0.15, -0.1) is 0 Å². The Balaban J connectivity index is 3.17. The lowest BCUT2D eigenvalue weighted by atomic mass is 10.3. The summed E-state index contributed by atoms with van der Waals surface area (Å²) < 4.78 is 5.04. The Kier molecular flexibility index (Phi) is 5.58. The normalized spacial score (nSPS) is 16.8. The fourth-order valence-corrected chi connectivity index (χ4v) is 0.446. The maximum absolute atomic E-state index is 9.00. The third-order valence-electron chi connectivity index (χ3n) is 1.30. The van der Waals surface area contributed by atoms with E-state index < -0.39 is 6.10 Å². The van der Waals surface area contributed by atoms with Gasteiger partial charge in [0, 0.05) is 0 Å². The molecule has 3 heteroatoms. The van der Waals surface area contributed by atoms with Crippen LogP contribution in [-0.4, -0.2) is 35.6 Å². The first kappa shape index (κ1) is 9.88. The van der Waals surface area contributed by atoms with Crippen molar-refractivity contribution in [1.82, 2.24) is 0 Å². The molecule has 0 amide bonds. The summed E-state index contributed by atoms with van der Waals surface area (Å²) in [5.41, 5.74) is 0. The Morgan fingerprint density at radius 1 is 1.50 bits per heavy atom. The van der Waals surface area contributed by atoms with Gasteiger partial charge in [-0.25, -0.2) is 0 Å². The van der Waals surface area contributed by atoms with Crippen molar-refractivity contribution in [3.8, 4) is 0 Å². The van der Waals surface area contributed by atoms with Gasteiger partial charge in [0.25, 0.3) is 0 Å². The predicted molar refractivity (Wildman–Crippen MR) is 38.8 cm³/mol. The second kappa shape index (κ2) is 5.65. The van der Waals surface area contributed by atoms with Crippen molar-refractivity contribution in [3.05, 3.63) is 0 Å².